The Morgan fingerprint density at radius 2 is 1.94 bits per heavy atom. The van der Waals surface area contributed by atoms with Gasteiger partial charge in [-0.05, 0) is 49.7 Å². The lowest BCUT2D eigenvalue weighted by molar-refractivity contribution is 0.475. The summed E-state index contributed by atoms with van der Waals surface area (Å²) in [7, 11) is 0. The van der Waals surface area contributed by atoms with E-state index in [9.17, 15) is 5.11 Å². The molecule has 2 aromatic rings. The predicted octanol–water partition coefficient (Wildman–Crippen LogP) is 2.73. The monoisotopic (exact) mass is 229 g/mol. The van der Waals surface area contributed by atoms with E-state index >= 15 is 0 Å². The summed E-state index contributed by atoms with van der Waals surface area (Å²) < 4.78 is 0. The summed E-state index contributed by atoms with van der Waals surface area (Å²) in [5, 5.41) is 12.5. The highest BCUT2D eigenvalue weighted by Crippen LogP contribution is 2.23. The normalized spacial score (nSPS) is 10.2. The minimum Gasteiger partial charge on any atom is -0.508 e. The van der Waals surface area contributed by atoms with E-state index in [1.165, 1.54) is 0 Å². The third kappa shape index (κ3) is 2.47. The maximum atomic E-state index is 9.32. The van der Waals surface area contributed by atoms with Crippen LogP contribution in [0.15, 0.2) is 30.3 Å². The van der Waals surface area contributed by atoms with Crippen LogP contribution in [0, 0.1) is 13.8 Å². The van der Waals surface area contributed by atoms with Crippen LogP contribution in [-0.2, 0) is 0 Å². The standard InChI is InChI=1S/C13H15N3O/c1-8-7-10(17)3-5-12(8)16-13-6-4-11(14)9(2)15-13/h3-7,17H,14H2,1-2H3,(H,15,16). The van der Waals surface area contributed by atoms with E-state index in [0.29, 0.717) is 5.69 Å². The van der Waals surface area contributed by atoms with Crippen LogP contribution < -0.4 is 11.1 Å². The summed E-state index contributed by atoms with van der Waals surface area (Å²) in [4.78, 5) is 4.33. The number of rotatable bonds is 2. The van der Waals surface area contributed by atoms with Crippen molar-refractivity contribution in [1.82, 2.24) is 4.98 Å². The van der Waals surface area contributed by atoms with Crippen LogP contribution in [0.4, 0.5) is 17.2 Å². The molecule has 0 fully saturated rings. The van der Waals surface area contributed by atoms with Crippen LogP contribution >= 0.6 is 0 Å². The lowest BCUT2D eigenvalue weighted by Crippen LogP contribution is -1.99. The quantitative estimate of drug-likeness (QED) is 0.692. The molecule has 17 heavy (non-hydrogen) atoms. The number of anilines is 3. The average molecular weight is 229 g/mol. The minimum absolute atomic E-state index is 0.259. The van der Waals surface area contributed by atoms with Gasteiger partial charge in [-0.15, -0.1) is 0 Å². The molecule has 0 spiro atoms. The largest absolute Gasteiger partial charge is 0.508 e. The Morgan fingerprint density at radius 3 is 2.59 bits per heavy atom. The van der Waals surface area contributed by atoms with Gasteiger partial charge in [0.25, 0.3) is 0 Å². The van der Waals surface area contributed by atoms with Gasteiger partial charge in [-0.2, -0.15) is 0 Å². The van der Waals surface area contributed by atoms with E-state index in [1.54, 1.807) is 12.1 Å². The zero-order chi connectivity index (χ0) is 12.4. The van der Waals surface area contributed by atoms with Crippen LogP contribution in [0.25, 0.3) is 0 Å². The van der Waals surface area contributed by atoms with Crippen molar-refractivity contribution < 1.29 is 5.11 Å². The molecule has 0 bridgehead atoms. The lowest BCUT2D eigenvalue weighted by atomic mass is 10.2. The molecule has 0 atom stereocenters. The van der Waals surface area contributed by atoms with Gasteiger partial charge < -0.3 is 16.2 Å². The Labute approximate surface area is 100 Å². The van der Waals surface area contributed by atoms with Gasteiger partial charge in [-0.25, -0.2) is 4.98 Å². The molecule has 1 aromatic heterocycles. The number of pyridine rings is 1. The SMILES string of the molecule is Cc1cc(O)ccc1Nc1ccc(N)c(C)n1. The predicted molar refractivity (Wildman–Crippen MR) is 69.5 cm³/mol. The number of benzene rings is 1. The molecule has 2 rings (SSSR count). The maximum Gasteiger partial charge on any atom is 0.130 e. The van der Waals surface area contributed by atoms with Crippen molar-refractivity contribution in [3.63, 3.8) is 0 Å². The number of aromatic hydroxyl groups is 1. The van der Waals surface area contributed by atoms with Crippen molar-refractivity contribution in [2.45, 2.75) is 13.8 Å². The van der Waals surface area contributed by atoms with Crippen molar-refractivity contribution in [2.75, 3.05) is 11.1 Å². The van der Waals surface area contributed by atoms with Gasteiger partial charge in [0.1, 0.15) is 11.6 Å². The fourth-order valence-corrected chi connectivity index (χ4v) is 1.57. The summed E-state index contributed by atoms with van der Waals surface area (Å²) in [6, 6.07) is 8.80. The number of phenolic OH excluding ortho intramolecular Hbond substituents is 1. The molecule has 4 heteroatoms. The van der Waals surface area contributed by atoms with Gasteiger partial charge in [0.15, 0.2) is 0 Å². The topological polar surface area (TPSA) is 71.2 Å². The summed E-state index contributed by atoms with van der Waals surface area (Å²) in [5.41, 5.74) is 9.06. The fourth-order valence-electron chi connectivity index (χ4n) is 1.57. The van der Waals surface area contributed by atoms with Crippen molar-refractivity contribution in [3.8, 4) is 5.75 Å². The molecule has 1 heterocycles. The Balaban J connectivity index is 2.28. The summed E-state index contributed by atoms with van der Waals surface area (Å²) in [6.45, 7) is 3.79. The van der Waals surface area contributed by atoms with Gasteiger partial charge in [0.05, 0.1) is 11.4 Å². The number of aryl methyl sites for hydroxylation is 2. The first-order valence-electron chi connectivity index (χ1n) is 5.36. The van der Waals surface area contributed by atoms with E-state index in [4.69, 9.17) is 5.73 Å². The molecule has 0 unspecified atom stereocenters. The number of nitrogens with zero attached hydrogens (tertiary/aromatic N) is 1. The van der Waals surface area contributed by atoms with Crippen molar-refractivity contribution in [1.29, 1.82) is 0 Å². The molecule has 1 aromatic carbocycles. The van der Waals surface area contributed by atoms with Crippen LogP contribution in [0.1, 0.15) is 11.3 Å². The lowest BCUT2D eigenvalue weighted by Gasteiger charge is -2.10. The van der Waals surface area contributed by atoms with Crippen LogP contribution in [0.3, 0.4) is 0 Å². The first-order chi connectivity index (χ1) is 8.06. The second kappa shape index (κ2) is 4.33. The molecule has 0 aliphatic carbocycles. The number of hydrogen-bond acceptors (Lipinski definition) is 4. The highest BCUT2D eigenvalue weighted by atomic mass is 16.3. The Kier molecular flexibility index (Phi) is 2.87. The first kappa shape index (κ1) is 11.3. The number of aromatic nitrogens is 1. The number of nitrogens with two attached hydrogens (primary N) is 1. The van der Waals surface area contributed by atoms with Crippen molar-refractivity contribution in [2.24, 2.45) is 0 Å². The minimum atomic E-state index is 0.259. The molecule has 0 aliphatic heterocycles. The summed E-state index contributed by atoms with van der Waals surface area (Å²) in [6.07, 6.45) is 0. The molecule has 0 aliphatic rings. The molecule has 4 N–H and O–H groups in total. The first-order valence-corrected chi connectivity index (χ1v) is 5.36. The number of phenols is 1. The van der Waals surface area contributed by atoms with Crippen molar-refractivity contribution in [3.05, 3.63) is 41.6 Å². The van der Waals surface area contributed by atoms with Gasteiger partial charge >= 0.3 is 0 Å². The maximum absolute atomic E-state index is 9.32. The number of hydrogen-bond donors (Lipinski definition) is 3. The summed E-state index contributed by atoms with van der Waals surface area (Å²) >= 11 is 0. The highest BCUT2D eigenvalue weighted by molar-refractivity contribution is 5.63. The molecular formula is C13H15N3O. The van der Waals surface area contributed by atoms with E-state index < -0.39 is 0 Å². The van der Waals surface area contributed by atoms with Gasteiger partial charge in [0.2, 0.25) is 0 Å². The highest BCUT2D eigenvalue weighted by Gasteiger charge is 2.02. The second-order valence-corrected chi connectivity index (χ2v) is 4.00. The second-order valence-electron chi connectivity index (χ2n) is 4.00. The Bertz CT molecular complexity index is 552. The molecule has 0 radical (unpaired) electrons. The number of nitrogens with one attached hydrogen (secondary N) is 1. The van der Waals surface area contributed by atoms with Crippen molar-refractivity contribution >= 4 is 17.2 Å². The Morgan fingerprint density at radius 1 is 1.18 bits per heavy atom. The van der Waals surface area contributed by atoms with Crippen LogP contribution in [0.2, 0.25) is 0 Å². The zero-order valence-electron chi connectivity index (χ0n) is 9.86. The van der Waals surface area contributed by atoms with E-state index in [0.717, 1.165) is 22.8 Å². The summed E-state index contributed by atoms with van der Waals surface area (Å²) in [5.74, 6) is 1.000. The van der Waals surface area contributed by atoms with E-state index in [-0.39, 0.29) is 5.75 Å². The Hall–Kier alpha value is -2.23. The van der Waals surface area contributed by atoms with E-state index in [1.807, 2.05) is 32.0 Å². The smallest absolute Gasteiger partial charge is 0.130 e. The number of nitrogen functional groups attached to an aromatic ring is 1. The molecule has 0 saturated carbocycles. The third-order valence-electron chi connectivity index (χ3n) is 2.60. The van der Waals surface area contributed by atoms with Gasteiger partial charge in [-0.1, -0.05) is 0 Å². The molecule has 4 nitrogen and oxygen atoms in total. The fraction of sp³-hybridized carbons (Fsp3) is 0.154. The molecular weight excluding hydrogens is 214 g/mol. The van der Waals surface area contributed by atoms with Crippen LogP contribution in [0.5, 0.6) is 5.75 Å². The van der Waals surface area contributed by atoms with Gasteiger partial charge in [0, 0.05) is 5.69 Å². The van der Waals surface area contributed by atoms with Gasteiger partial charge in [-0.3, -0.25) is 0 Å². The average Bonchev–Trinajstić information content (AvgIpc) is 2.27. The molecule has 0 saturated heterocycles. The molecule has 88 valence electrons. The third-order valence-corrected chi connectivity index (χ3v) is 2.60. The van der Waals surface area contributed by atoms with Crippen LogP contribution in [-0.4, -0.2) is 10.1 Å². The zero-order valence-corrected chi connectivity index (χ0v) is 9.86. The molecule has 0 amide bonds. The van der Waals surface area contributed by atoms with E-state index in [2.05, 4.69) is 10.3 Å².